The highest BCUT2D eigenvalue weighted by molar-refractivity contribution is 6.58. The van der Waals surface area contributed by atoms with Gasteiger partial charge in [-0.15, -0.1) is 0 Å². The van der Waals surface area contributed by atoms with Gasteiger partial charge in [0.2, 0.25) is 0 Å². The van der Waals surface area contributed by atoms with Crippen molar-refractivity contribution in [3.8, 4) is 0 Å². The third-order valence-corrected chi connectivity index (χ3v) is 9.66. The number of hydrogen-bond acceptors (Lipinski definition) is 2. The predicted molar refractivity (Wildman–Crippen MR) is 106 cm³/mol. The van der Waals surface area contributed by atoms with E-state index in [1.807, 2.05) is 0 Å². The number of carbonyl (C=O) groups is 1. The van der Waals surface area contributed by atoms with Crippen LogP contribution >= 0.6 is 11.6 Å². The van der Waals surface area contributed by atoms with Gasteiger partial charge < -0.3 is 4.74 Å². The van der Waals surface area contributed by atoms with Crippen LogP contribution in [0.3, 0.4) is 0 Å². The summed E-state index contributed by atoms with van der Waals surface area (Å²) in [7, 11) is -0.0418. The van der Waals surface area contributed by atoms with Gasteiger partial charge >= 0.3 is 5.97 Å². The van der Waals surface area contributed by atoms with Gasteiger partial charge in [-0.25, -0.2) is 9.18 Å². The van der Waals surface area contributed by atoms with Crippen LogP contribution in [0.1, 0.15) is 62.2 Å². The molecule has 0 amide bonds. The molecule has 143 valence electrons. The van der Waals surface area contributed by atoms with Crippen molar-refractivity contribution in [2.45, 2.75) is 76.1 Å². The molecule has 0 bridgehead atoms. The molecule has 26 heavy (non-hydrogen) atoms. The van der Waals surface area contributed by atoms with E-state index in [0.29, 0.717) is 0 Å². The first kappa shape index (κ1) is 19.9. The van der Waals surface area contributed by atoms with E-state index in [0.717, 1.165) is 43.6 Å². The zero-order chi connectivity index (χ0) is 18.5. The minimum atomic E-state index is -0.578. The second-order valence-corrected chi connectivity index (χ2v) is 11.3. The summed E-state index contributed by atoms with van der Waals surface area (Å²) in [5.74, 6) is 0.685. The second kappa shape index (κ2) is 9.36. The Labute approximate surface area is 163 Å². The molecule has 0 aromatic heterocycles. The van der Waals surface area contributed by atoms with E-state index in [2.05, 4.69) is 6.92 Å². The Bertz CT molecular complexity index is 608. The van der Waals surface area contributed by atoms with Crippen molar-refractivity contribution in [3.05, 3.63) is 34.6 Å². The minimum absolute atomic E-state index is 0.0259. The Kier molecular flexibility index (Phi) is 7.16. The fourth-order valence-electron chi connectivity index (χ4n) is 4.64. The van der Waals surface area contributed by atoms with E-state index >= 15 is 0 Å². The van der Waals surface area contributed by atoms with Crippen LogP contribution in [0.2, 0.25) is 23.2 Å². The van der Waals surface area contributed by atoms with Crippen molar-refractivity contribution >= 4 is 26.4 Å². The lowest BCUT2D eigenvalue weighted by Gasteiger charge is -2.37. The molecule has 0 atom stereocenters. The first-order valence-corrected chi connectivity index (χ1v) is 12.6. The van der Waals surface area contributed by atoms with Crippen LogP contribution in [0.15, 0.2) is 18.2 Å². The molecule has 1 aliphatic heterocycles. The monoisotopic (exact) mass is 395 g/mol. The zero-order valence-corrected chi connectivity index (χ0v) is 17.4. The topological polar surface area (TPSA) is 26.3 Å². The highest BCUT2D eigenvalue weighted by Crippen LogP contribution is 2.40. The summed E-state index contributed by atoms with van der Waals surface area (Å²) >= 11 is 5.67. The van der Waals surface area contributed by atoms with Crippen LogP contribution in [-0.4, -0.2) is 20.9 Å². The summed E-state index contributed by atoms with van der Waals surface area (Å²) < 4.78 is 19.1. The van der Waals surface area contributed by atoms with Gasteiger partial charge in [-0.05, 0) is 55.7 Å². The summed E-state index contributed by atoms with van der Waals surface area (Å²) in [6, 6.07) is 8.58. The van der Waals surface area contributed by atoms with Crippen molar-refractivity contribution in [3.63, 3.8) is 0 Å². The molecule has 2 aliphatic rings. The van der Waals surface area contributed by atoms with Crippen molar-refractivity contribution in [1.29, 1.82) is 0 Å². The second-order valence-electron chi connectivity index (χ2n) is 7.91. The Morgan fingerprint density at radius 1 is 1.15 bits per heavy atom. The number of halogens is 2. The van der Waals surface area contributed by atoms with Gasteiger partial charge in [0, 0.05) is 8.80 Å². The van der Waals surface area contributed by atoms with Crippen LogP contribution in [0.5, 0.6) is 0 Å². The standard InChI is InChI=1S/C21H29ClFO2Si/c1-2-11-26-12-9-16(10-13-26)15-3-6-18(7-4-15)25-21(24)17-5-8-19(22)20(23)14-17/h5,8,14-16,18H,2-4,6-7,9-13H2,1H3. The largest absolute Gasteiger partial charge is 0.459 e. The highest BCUT2D eigenvalue weighted by atomic mass is 35.5. The maximum atomic E-state index is 13.5. The maximum Gasteiger partial charge on any atom is 0.338 e. The molecule has 1 saturated carbocycles. The lowest BCUT2D eigenvalue weighted by atomic mass is 9.76. The van der Waals surface area contributed by atoms with E-state index in [4.69, 9.17) is 16.3 Å². The summed E-state index contributed by atoms with van der Waals surface area (Å²) in [6.07, 6.45) is 8.38. The molecule has 1 aromatic carbocycles. The third-order valence-electron chi connectivity index (χ3n) is 6.16. The summed E-state index contributed by atoms with van der Waals surface area (Å²) in [4.78, 5) is 12.2. The molecule has 1 heterocycles. The fraction of sp³-hybridized carbons (Fsp3) is 0.667. The van der Waals surface area contributed by atoms with E-state index in [9.17, 15) is 9.18 Å². The Morgan fingerprint density at radius 3 is 2.42 bits per heavy atom. The number of benzene rings is 1. The van der Waals surface area contributed by atoms with Crippen molar-refractivity contribution in [1.82, 2.24) is 0 Å². The molecule has 0 spiro atoms. The lowest BCUT2D eigenvalue weighted by Crippen LogP contribution is -2.31. The normalized spacial score (nSPS) is 25.2. The Balaban J connectivity index is 1.44. The number of ether oxygens (including phenoxy) is 1. The van der Waals surface area contributed by atoms with E-state index in [1.54, 1.807) is 0 Å². The molecule has 0 unspecified atom stereocenters. The van der Waals surface area contributed by atoms with Crippen molar-refractivity contribution in [2.75, 3.05) is 0 Å². The minimum Gasteiger partial charge on any atom is -0.459 e. The van der Waals surface area contributed by atoms with Gasteiger partial charge in [0.25, 0.3) is 0 Å². The molecule has 1 saturated heterocycles. The Hall–Kier alpha value is -0.873. The van der Waals surface area contributed by atoms with Crippen LogP contribution in [-0.2, 0) is 4.74 Å². The number of rotatable bonds is 5. The first-order valence-electron chi connectivity index (χ1n) is 10.1. The molecule has 1 aromatic rings. The predicted octanol–water partition coefficient (Wildman–Crippen LogP) is 6.51. The van der Waals surface area contributed by atoms with Gasteiger partial charge in [-0.3, -0.25) is 0 Å². The smallest absolute Gasteiger partial charge is 0.338 e. The molecular weight excluding hydrogens is 367 g/mol. The summed E-state index contributed by atoms with van der Waals surface area (Å²) in [5, 5.41) is 0.0259. The highest BCUT2D eigenvalue weighted by Gasteiger charge is 2.32. The van der Waals surface area contributed by atoms with Gasteiger partial charge in [-0.1, -0.05) is 55.9 Å². The van der Waals surface area contributed by atoms with Gasteiger partial charge in [0.15, 0.2) is 0 Å². The number of hydrogen-bond donors (Lipinski definition) is 0. The van der Waals surface area contributed by atoms with Gasteiger partial charge in [-0.2, -0.15) is 0 Å². The van der Waals surface area contributed by atoms with Gasteiger partial charge in [0.1, 0.15) is 11.9 Å². The van der Waals surface area contributed by atoms with E-state index in [-0.39, 0.29) is 25.5 Å². The Morgan fingerprint density at radius 2 is 1.81 bits per heavy atom. The van der Waals surface area contributed by atoms with Gasteiger partial charge in [0.05, 0.1) is 10.6 Å². The molecule has 2 fully saturated rings. The number of carbonyl (C=O) groups excluding carboxylic acids is 1. The average molecular weight is 396 g/mol. The van der Waals surface area contributed by atoms with Crippen molar-refractivity contribution in [2.24, 2.45) is 11.8 Å². The molecular formula is C21H29ClFO2Si. The molecule has 3 rings (SSSR count). The molecule has 1 radical (unpaired) electrons. The van der Waals surface area contributed by atoms with Crippen LogP contribution in [0.4, 0.5) is 4.39 Å². The molecule has 0 N–H and O–H groups in total. The lowest BCUT2D eigenvalue weighted by molar-refractivity contribution is 0.0126. The van der Waals surface area contributed by atoms with Crippen molar-refractivity contribution < 1.29 is 13.9 Å². The molecule has 5 heteroatoms. The SMILES string of the molecule is CCC[Si]1CCC(C2CCC(OC(=O)c3ccc(Cl)c(F)c3)CC2)CC1. The quantitative estimate of drug-likeness (QED) is 0.419. The van der Waals surface area contributed by atoms with Crippen LogP contribution in [0, 0.1) is 17.7 Å². The zero-order valence-electron chi connectivity index (χ0n) is 15.6. The maximum absolute atomic E-state index is 13.5. The third kappa shape index (κ3) is 5.10. The van der Waals surface area contributed by atoms with E-state index < -0.39 is 11.8 Å². The first-order chi connectivity index (χ1) is 12.6. The fourth-order valence-corrected chi connectivity index (χ4v) is 7.78. The summed E-state index contributed by atoms with van der Waals surface area (Å²) in [5.41, 5.74) is 0.243. The molecule has 1 aliphatic carbocycles. The van der Waals surface area contributed by atoms with E-state index in [1.165, 1.54) is 49.5 Å². The average Bonchev–Trinajstić information content (AvgIpc) is 2.65. The van der Waals surface area contributed by atoms with Crippen LogP contribution < -0.4 is 0 Å². The summed E-state index contributed by atoms with van der Waals surface area (Å²) in [6.45, 7) is 2.31. The number of esters is 1. The molecule has 2 nitrogen and oxygen atoms in total. The van der Waals surface area contributed by atoms with Crippen LogP contribution in [0.25, 0.3) is 0 Å².